The van der Waals surface area contributed by atoms with E-state index < -0.39 is 12.2 Å². The van der Waals surface area contributed by atoms with Crippen molar-refractivity contribution in [3.05, 3.63) is 47.5 Å². The SMILES string of the molecule is CCCCCCOCCOC(=O)CCCSCCC1C(=O)CC(O)C1C=CC(O)Cc1cccc(COC)c1. The van der Waals surface area contributed by atoms with Crippen molar-refractivity contribution < 1.29 is 34.0 Å². The fourth-order valence-electron chi connectivity index (χ4n) is 4.82. The highest BCUT2D eigenvalue weighted by Crippen LogP contribution is 2.34. The van der Waals surface area contributed by atoms with Gasteiger partial charge in [0.1, 0.15) is 12.4 Å². The van der Waals surface area contributed by atoms with Crippen LogP contribution >= 0.6 is 11.8 Å². The minimum atomic E-state index is -0.712. The molecule has 0 aliphatic heterocycles. The molecule has 0 bridgehead atoms. The number of benzene rings is 1. The van der Waals surface area contributed by atoms with Crippen molar-refractivity contribution in [1.29, 1.82) is 0 Å². The zero-order chi connectivity index (χ0) is 28.3. The van der Waals surface area contributed by atoms with Crippen molar-refractivity contribution in [3.63, 3.8) is 0 Å². The summed E-state index contributed by atoms with van der Waals surface area (Å²) < 4.78 is 15.9. The molecule has 1 aliphatic rings. The summed E-state index contributed by atoms with van der Waals surface area (Å²) in [5.74, 6) is 0.949. The Morgan fingerprint density at radius 1 is 1.13 bits per heavy atom. The van der Waals surface area contributed by atoms with Crippen LogP contribution in [-0.2, 0) is 36.8 Å². The van der Waals surface area contributed by atoms with Crippen LogP contribution in [-0.4, -0.2) is 72.6 Å². The molecule has 220 valence electrons. The van der Waals surface area contributed by atoms with Gasteiger partial charge in [0.2, 0.25) is 0 Å². The number of ketones is 1. The van der Waals surface area contributed by atoms with E-state index in [2.05, 4.69) is 6.92 Å². The van der Waals surface area contributed by atoms with Gasteiger partial charge < -0.3 is 24.4 Å². The van der Waals surface area contributed by atoms with Gasteiger partial charge in [-0.1, -0.05) is 62.6 Å². The summed E-state index contributed by atoms with van der Waals surface area (Å²) in [7, 11) is 1.65. The Balaban J connectivity index is 1.62. The number of carbonyl (C=O) groups excluding carboxylic acids is 2. The lowest BCUT2D eigenvalue weighted by molar-refractivity contribution is -0.145. The average molecular weight is 565 g/mol. The Labute approximate surface area is 238 Å². The smallest absolute Gasteiger partial charge is 0.305 e. The first kappa shape index (κ1) is 33.5. The van der Waals surface area contributed by atoms with Crippen molar-refractivity contribution in [1.82, 2.24) is 0 Å². The van der Waals surface area contributed by atoms with Crippen molar-refractivity contribution in [3.8, 4) is 0 Å². The van der Waals surface area contributed by atoms with Crippen LogP contribution in [0.3, 0.4) is 0 Å². The first-order chi connectivity index (χ1) is 18.9. The number of carbonyl (C=O) groups is 2. The highest BCUT2D eigenvalue weighted by Gasteiger charge is 2.39. The van der Waals surface area contributed by atoms with Gasteiger partial charge in [-0.05, 0) is 41.9 Å². The van der Waals surface area contributed by atoms with Crippen molar-refractivity contribution in [2.24, 2.45) is 11.8 Å². The number of hydrogen-bond donors (Lipinski definition) is 2. The van der Waals surface area contributed by atoms with Gasteiger partial charge in [0.05, 0.1) is 25.4 Å². The maximum Gasteiger partial charge on any atom is 0.305 e. The summed E-state index contributed by atoms with van der Waals surface area (Å²) in [5, 5.41) is 21.0. The van der Waals surface area contributed by atoms with Crippen LogP contribution in [0.1, 0.15) is 69.4 Å². The van der Waals surface area contributed by atoms with Gasteiger partial charge in [-0.3, -0.25) is 9.59 Å². The van der Waals surface area contributed by atoms with E-state index in [4.69, 9.17) is 14.2 Å². The molecule has 7 nitrogen and oxygen atoms in total. The molecular formula is C31H48O7S. The molecule has 2 rings (SSSR count). The van der Waals surface area contributed by atoms with E-state index in [1.165, 1.54) is 19.3 Å². The number of unbranched alkanes of at least 4 members (excludes halogenated alkanes) is 3. The largest absolute Gasteiger partial charge is 0.463 e. The Kier molecular flexibility index (Phi) is 17.4. The molecule has 1 aliphatic carbocycles. The number of thioether (sulfide) groups is 1. The first-order valence-corrected chi connectivity index (χ1v) is 15.5. The van der Waals surface area contributed by atoms with Crippen LogP contribution in [0.25, 0.3) is 0 Å². The number of Topliss-reactive ketones (excluding diaryl/α,β-unsaturated/α-hetero) is 1. The third-order valence-electron chi connectivity index (χ3n) is 6.91. The monoisotopic (exact) mass is 564 g/mol. The summed E-state index contributed by atoms with van der Waals surface area (Å²) in [4.78, 5) is 24.4. The topological polar surface area (TPSA) is 102 Å². The first-order valence-electron chi connectivity index (χ1n) is 14.4. The summed E-state index contributed by atoms with van der Waals surface area (Å²) in [6.07, 6.45) is 9.16. The lowest BCUT2D eigenvalue weighted by atomic mass is 9.91. The molecule has 1 fully saturated rings. The Morgan fingerprint density at radius 3 is 2.74 bits per heavy atom. The molecule has 1 aromatic carbocycles. The van der Waals surface area contributed by atoms with E-state index in [-0.39, 0.29) is 30.0 Å². The molecule has 2 N–H and O–H groups in total. The molecule has 8 heteroatoms. The second-order valence-corrected chi connectivity index (χ2v) is 11.5. The molecule has 0 saturated heterocycles. The molecule has 0 amide bonds. The van der Waals surface area contributed by atoms with Gasteiger partial charge >= 0.3 is 5.97 Å². The van der Waals surface area contributed by atoms with E-state index in [9.17, 15) is 19.8 Å². The Morgan fingerprint density at radius 2 is 1.95 bits per heavy atom. The Hall–Kier alpha value is -1.71. The number of aliphatic hydroxyl groups is 2. The molecule has 39 heavy (non-hydrogen) atoms. The van der Waals surface area contributed by atoms with Gasteiger partial charge in [-0.2, -0.15) is 11.8 Å². The number of aliphatic hydroxyl groups excluding tert-OH is 2. The fourth-order valence-corrected chi connectivity index (χ4v) is 5.80. The minimum absolute atomic E-state index is 0.0793. The third kappa shape index (κ3) is 14.0. The second kappa shape index (κ2) is 20.2. The number of esters is 1. The molecule has 0 heterocycles. The molecule has 4 unspecified atom stereocenters. The van der Waals surface area contributed by atoms with Crippen LogP contribution in [0.2, 0.25) is 0 Å². The standard InChI is InChI=1S/C31H48O7S/c1-3-4-5-6-15-37-16-17-38-31(35)11-8-18-39-19-14-28-27(29(33)22-30(28)34)13-12-26(32)21-24-9-7-10-25(20-24)23-36-2/h7,9-10,12-13,20,26-29,32-33H,3-6,8,11,14-19,21-23H2,1-2H3. The molecule has 0 spiro atoms. The van der Waals surface area contributed by atoms with Crippen LogP contribution in [0, 0.1) is 11.8 Å². The van der Waals surface area contributed by atoms with Crippen molar-refractivity contribution in [2.75, 3.05) is 38.4 Å². The summed E-state index contributed by atoms with van der Waals surface area (Å²) in [6.45, 7) is 4.16. The summed E-state index contributed by atoms with van der Waals surface area (Å²) in [5.41, 5.74) is 2.06. The molecular weight excluding hydrogens is 516 g/mol. The van der Waals surface area contributed by atoms with Gasteiger partial charge in [-0.15, -0.1) is 0 Å². The maximum absolute atomic E-state index is 12.5. The second-order valence-electron chi connectivity index (χ2n) is 10.2. The number of methoxy groups -OCH3 is 1. The van der Waals surface area contributed by atoms with Crippen LogP contribution in [0.5, 0.6) is 0 Å². The molecule has 1 aromatic rings. The van der Waals surface area contributed by atoms with Crippen LogP contribution in [0.15, 0.2) is 36.4 Å². The van der Waals surface area contributed by atoms with Gasteiger partial charge in [0.15, 0.2) is 0 Å². The molecule has 1 saturated carbocycles. The fraction of sp³-hybridized carbons (Fsp3) is 0.677. The van der Waals surface area contributed by atoms with E-state index in [1.807, 2.05) is 30.3 Å². The van der Waals surface area contributed by atoms with Gasteiger partial charge in [0.25, 0.3) is 0 Å². The minimum Gasteiger partial charge on any atom is -0.463 e. The van der Waals surface area contributed by atoms with Crippen LogP contribution in [0.4, 0.5) is 0 Å². The molecule has 0 radical (unpaired) electrons. The average Bonchev–Trinajstić information content (AvgIpc) is 3.18. The van der Waals surface area contributed by atoms with Gasteiger partial charge in [0, 0.05) is 44.8 Å². The van der Waals surface area contributed by atoms with E-state index in [0.717, 1.165) is 42.1 Å². The number of ether oxygens (including phenoxy) is 3. The highest BCUT2D eigenvalue weighted by molar-refractivity contribution is 7.99. The van der Waals surface area contributed by atoms with Crippen LogP contribution < -0.4 is 0 Å². The van der Waals surface area contributed by atoms with Gasteiger partial charge in [-0.25, -0.2) is 0 Å². The van der Waals surface area contributed by atoms with E-state index in [0.29, 0.717) is 39.1 Å². The third-order valence-corrected chi connectivity index (χ3v) is 8.01. The van der Waals surface area contributed by atoms with Crippen molar-refractivity contribution >= 4 is 23.5 Å². The number of hydrogen-bond acceptors (Lipinski definition) is 8. The molecule has 4 atom stereocenters. The van der Waals surface area contributed by atoms with Crippen molar-refractivity contribution in [2.45, 2.75) is 83.5 Å². The lowest BCUT2D eigenvalue weighted by Gasteiger charge is -2.18. The zero-order valence-electron chi connectivity index (χ0n) is 23.7. The molecule has 0 aromatic heterocycles. The summed E-state index contributed by atoms with van der Waals surface area (Å²) >= 11 is 1.71. The predicted molar refractivity (Wildman–Crippen MR) is 156 cm³/mol. The predicted octanol–water partition coefficient (Wildman–Crippen LogP) is 4.90. The van der Waals surface area contributed by atoms with E-state index in [1.54, 1.807) is 24.9 Å². The number of rotatable bonds is 21. The maximum atomic E-state index is 12.5. The zero-order valence-corrected chi connectivity index (χ0v) is 24.5. The normalized spacial score (nSPS) is 20.1. The van der Waals surface area contributed by atoms with E-state index >= 15 is 0 Å². The summed E-state index contributed by atoms with van der Waals surface area (Å²) in [6, 6.07) is 7.91. The Bertz CT molecular complexity index is 859. The lowest BCUT2D eigenvalue weighted by Crippen LogP contribution is -2.20. The quantitative estimate of drug-likeness (QED) is 0.123. The highest BCUT2D eigenvalue weighted by atomic mass is 32.2.